The fourth-order valence-electron chi connectivity index (χ4n) is 3.78. The van der Waals surface area contributed by atoms with Crippen molar-refractivity contribution in [1.29, 1.82) is 0 Å². The molecule has 0 aromatic heterocycles. The molecule has 0 unspecified atom stereocenters. The molecule has 0 aliphatic heterocycles. The minimum atomic E-state index is -1.60. The molecule has 2 rings (SSSR count). The number of methoxy groups -OCH3 is 2. The van der Waals surface area contributed by atoms with Gasteiger partial charge in [0.05, 0.1) is 32.8 Å². The minimum absolute atomic E-state index is 0.0951. The lowest BCUT2D eigenvalue weighted by Gasteiger charge is -2.31. The topological polar surface area (TPSA) is 83.5 Å². The molecule has 0 heterocycles. The summed E-state index contributed by atoms with van der Waals surface area (Å²) in [6.07, 6.45) is -2.48. The Morgan fingerprint density at radius 1 is 0.884 bits per heavy atom. The van der Waals surface area contributed by atoms with Crippen LogP contribution in [0.1, 0.15) is 38.3 Å². The Balaban J connectivity index is 2.34. The maximum absolute atomic E-state index is 12.7. The van der Waals surface area contributed by atoms with Crippen molar-refractivity contribution in [2.75, 3.05) is 20.8 Å². The number of carbonyl (C=O) groups excluding carboxylic acids is 1. The molecule has 0 spiro atoms. The van der Waals surface area contributed by atoms with Crippen LogP contribution in [0.5, 0.6) is 11.5 Å². The van der Waals surface area contributed by atoms with Crippen LogP contribution < -0.4 is 9.47 Å². The molecule has 2 aromatic carbocycles. The summed E-state index contributed by atoms with van der Waals surface area (Å²) < 4.78 is 28.7. The Labute approximate surface area is 258 Å². The summed E-state index contributed by atoms with van der Waals surface area (Å²) in [7, 11) is 1.62. The third-order valence-corrected chi connectivity index (χ3v) is 7.37. The van der Waals surface area contributed by atoms with E-state index in [0.29, 0.717) is 17.6 Å². The number of aliphatic hydroxyl groups is 1. The first kappa shape index (κ1) is 35.8. The molecule has 2 aromatic rings. The summed E-state index contributed by atoms with van der Waals surface area (Å²) in [5.41, 5.74) is 5.32. The first-order valence-electron chi connectivity index (χ1n) is 14.4. The Morgan fingerprint density at radius 3 is 1.81 bits per heavy atom. The van der Waals surface area contributed by atoms with Crippen molar-refractivity contribution in [2.24, 2.45) is 5.41 Å². The number of aliphatic hydroxyl groups excluding tert-OH is 1. The summed E-state index contributed by atoms with van der Waals surface area (Å²) in [5.74, 6) is 4.26. The van der Waals surface area contributed by atoms with Crippen LogP contribution in [0.25, 0.3) is 0 Å². The first-order valence-corrected chi connectivity index (χ1v) is 17.9. The van der Waals surface area contributed by atoms with E-state index in [1.807, 2.05) is 48.5 Å². The van der Waals surface area contributed by atoms with E-state index < -0.39 is 31.8 Å². The molecule has 7 nitrogen and oxygen atoms in total. The highest BCUT2D eigenvalue weighted by atomic mass is 28.3. The van der Waals surface area contributed by atoms with E-state index in [1.165, 1.54) is 0 Å². The van der Waals surface area contributed by atoms with Gasteiger partial charge in [-0.05, 0) is 67.3 Å². The van der Waals surface area contributed by atoms with E-state index >= 15 is 0 Å². The zero-order valence-corrected chi connectivity index (χ0v) is 28.0. The lowest BCUT2D eigenvalue weighted by molar-refractivity contribution is -0.157. The summed E-state index contributed by atoms with van der Waals surface area (Å²) in [4.78, 5) is 12.7. The summed E-state index contributed by atoms with van der Waals surface area (Å²) in [6.45, 7) is 20.5. The predicted molar refractivity (Wildman–Crippen MR) is 174 cm³/mol. The molecule has 0 saturated heterocycles. The monoisotopic (exact) mass is 608 g/mol. The number of rotatable bonds is 15. The van der Waals surface area contributed by atoms with Crippen LogP contribution in [0.15, 0.2) is 72.8 Å². The van der Waals surface area contributed by atoms with Gasteiger partial charge in [-0.3, -0.25) is 4.79 Å². The van der Waals surface area contributed by atoms with Gasteiger partial charge in [0.2, 0.25) is 0 Å². The molecular weight excluding hydrogens is 560 g/mol. The quantitative estimate of drug-likeness (QED) is 0.107. The maximum atomic E-state index is 12.7. The van der Waals surface area contributed by atoms with Crippen LogP contribution in [0, 0.1) is 16.9 Å². The Morgan fingerprint density at radius 2 is 1.37 bits per heavy atom. The van der Waals surface area contributed by atoms with Crippen molar-refractivity contribution in [3.8, 4) is 23.0 Å². The van der Waals surface area contributed by atoms with Crippen molar-refractivity contribution in [3.05, 3.63) is 84.0 Å². The van der Waals surface area contributed by atoms with Gasteiger partial charge in [-0.2, -0.15) is 0 Å². The number of hydrogen-bond acceptors (Lipinski definition) is 7. The molecular formula is C35H48O7Si. The Hall–Kier alpha value is -3.35. The number of hydrogen-bond donors (Lipinski definition) is 1. The molecule has 43 heavy (non-hydrogen) atoms. The van der Waals surface area contributed by atoms with Gasteiger partial charge in [0.15, 0.2) is 0 Å². The predicted octanol–water partition coefficient (Wildman–Crippen LogP) is 6.51. The van der Waals surface area contributed by atoms with E-state index in [1.54, 1.807) is 35.0 Å². The van der Waals surface area contributed by atoms with Gasteiger partial charge < -0.3 is 28.8 Å². The number of carbonyl (C=O) groups is 1. The fourth-order valence-corrected chi connectivity index (χ4v) is 4.40. The average Bonchev–Trinajstić information content (AvgIpc) is 2.96. The zero-order chi connectivity index (χ0) is 32.2. The van der Waals surface area contributed by atoms with Crippen LogP contribution >= 0.6 is 0 Å². The fraction of sp³-hybridized carbons (Fsp3) is 0.457. The second-order valence-electron chi connectivity index (χ2n) is 12.5. The molecule has 8 heteroatoms. The van der Waals surface area contributed by atoms with Gasteiger partial charge in [0.1, 0.15) is 44.5 Å². The van der Waals surface area contributed by atoms with Crippen LogP contribution in [-0.2, 0) is 32.2 Å². The lowest BCUT2D eigenvalue weighted by Crippen LogP contribution is -2.39. The molecule has 0 fully saturated rings. The summed E-state index contributed by atoms with van der Waals surface area (Å²) >= 11 is 0. The number of ether oxygens (including phenoxy) is 5. The second kappa shape index (κ2) is 16.5. The van der Waals surface area contributed by atoms with Crippen LogP contribution in [0.2, 0.25) is 19.6 Å². The smallest absolute Gasteiger partial charge is 0.311 e. The highest BCUT2D eigenvalue weighted by Crippen LogP contribution is 2.26. The van der Waals surface area contributed by atoms with Gasteiger partial charge in [-0.15, -0.1) is 11.5 Å². The zero-order valence-electron chi connectivity index (χ0n) is 27.0. The third-order valence-electron chi connectivity index (χ3n) is 6.44. The van der Waals surface area contributed by atoms with Crippen molar-refractivity contribution < 1.29 is 33.6 Å². The first-order chi connectivity index (χ1) is 20.1. The van der Waals surface area contributed by atoms with E-state index in [-0.39, 0.29) is 25.8 Å². The summed E-state index contributed by atoms with van der Waals surface area (Å²) in [6, 6.07) is 14.9. The van der Waals surface area contributed by atoms with Crippen molar-refractivity contribution in [2.45, 2.75) is 78.4 Å². The van der Waals surface area contributed by atoms with Gasteiger partial charge in [-0.25, -0.2) is 0 Å². The Kier molecular flexibility index (Phi) is 13.7. The SMILES string of the molecule is C=C(CC#C[Si](C)(C)C)[C@H](O)[C@@H](OCc1ccc(OC)cc1)C(=C)[C@@H](COC(=O)C(C)(C)C)OCc1ccc(OC)cc1. The molecule has 0 saturated carbocycles. The molecule has 234 valence electrons. The Bertz CT molecular complexity index is 1260. The van der Waals surface area contributed by atoms with Gasteiger partial charge in [-0.1, -0.05) is 57.1 Å². The highest BCUT2D eigenvalue weighted by Gasteiger charge is 2.32. The van der Waals surface area contributed by atoms with E-state index in [9.17, 15) is 9.90 Å². The van der Waals surface area contributed by atoms with Gasteiger partial charge in [0.25, 0.3) is 0 Å². The van der Waals surface area contributed by atoms with Crippen LogP contribution in [-0.4, -0.2) is 58.3 Å². The molecule has 0 aliphatic rings. The molecule has 1 N–H and O–H groups in total. The maximum Gasteiger partial charge on any atom is 0.311 e. The molecule has 0 aliphatic carbocycles. The van der Waals surface area contributed by atoms with Crippen molar-refractivity contribution >= 4 is 14.0 Å². The average molecular weight is 609 g/mol. The van der Waals surface area contributed by atoms with Crippen molar-refractivity contribution in [3.63, 3.8) is 0 Å². The van der Waals surface area contributed by atoms with E-state index in [2.05, 4.69) is 44.3 Å². The second-order valence-corrected chi connectivity index (χ2v) is 17.2. The normalized spacial score (nSPS) is 13.6. The molecule has 0 bridgehead atoms. The number of benzene rings is 2. The molecule has 3 atom stereocenters. The van der Waals surface area contributed by atoms with E-state index in [4.69, 9.17) is 23.7 Å². The lowest BCUT2D eigenvalue weighted by atomic mass is 9.94. The number of esters is 1. The van der Waals surface area contributed by atoms with Crippen LogP contribution in [0.3, 0.4) is 0 Å². The van der Waals surface area contributed by atoms with Gasteiger partial charge in [0, 0.05) is 6.42 Å². The van der Waals surface area contributed by atoms with E-state index in [0.717, 1.165) is 22.6 Å². The minimum Gasteiger partial charge on any atom is -0.497 e. The van der Waals surface area contributed by atoms with Crippen LogP contribution in [0.4, 0.5) is 0 Å². The van der Waals surface area contributed by atoms with Crippen molar-refractivity contribution in [1.82, 2.24) is 0 Å². The summed E-state index contributed by atoms with van der Waals surface area (Å²) in [5, 5.41) is 11.5. The van der Waals surface area contributed by atoms with Gasteiger partial charge >= 0.3 is 5.97 Å². The third kappa shape index (κ3) is 12.4. The highest BCUT2D eigenvalue weighted by molar-refractivity contribution is 6.83. The molecule has 0 radical (unpaired) electrons. The standard InChI is InChI=1S/C35H48O7Si/c1-25(12-11-21-43(8,9)10)32(36)33(41-23-28-15-19-30(39-7)20-16-28)26(2)31(24-42-34(37)35(3,4)5)40-22-27-13-17-29(38-6)18-14-27/h13-20,31-33,36H,1-2,12,22-24H2,3-10H3/t31-,32+,33+/m1/s1. The molecule has 0 amide bonds. The largest absolute Gasteiger partial charge is 0.497 e.